The predicted molar refractivity (Wildman–Crippen MR) is 42.2 cm³/mol. The molecule has 0 heterocycles. The standard InChI is InChI=1S/C9H9O2/c1-8(7-10)11-9-5-3-2-4-6-9/h2-6,8H,1H3/t8-/m1/s1. The topological polar surface area (TPSA) is 26.3 Å². The summed E-state index contributed by atoms with van der Waals surface area (Å²) in [6.07, 6.45) is 1.25. The number of rotatable bonds is 3. The first-order chi connectivity index (χ1) is 5.33. The number of hydrogen-bond donors (Lipinski definition) is 0. The van der Waals surface area contributed by atoms with E-state index >= 15 is 0 Å². The molecule has 57 valence electrons. The quantitative estimate of drug-likeness (QED) is 0.652. The number of para-hydroxylation sites is 1. The highest BCUT2D eigenvalue weighted by Gasteiger charge is 2.00. The summed E-state index contributed by atoms with van der Waals surface area (Å²) in [6.45, 7) is 1.65. The van der Waals surface area contributed by atoms with Crippen LogP contribution in [0.3, 0.4) is 0 Å². The summed E-state index contributed by atoms with van der Waals surface area (Å²) in [6, 6.07) is 9.20. The van der Waals surface area contributed by atoms with Gasteiger partial charge in [0.05, 0.1) is 0 Å². The van der Waals surface area contributed by atoms with Gasteiger partial charge >= 0.3 is 0 Å². The lowest BCUT2D eigenvalue weighted by Gasteiger charge is -2.06. The largest absolute Gasteiger partial charge is 0.482 e. The van der Waals surface area contributed by atoms with Crippen LogP contribution in [0.25, 0.3) is 0 Å². The van der Waals surface area contributed by atoms with E-state index in [1.54, 1.807) is 25.3 Å². The van der Waals surface area contributed by atoms with Crippen LogP contribution < -0.4 is 4.74 Å². The maximum Gasteiger partial charge on any atom is 0.242 e. The first-order valence-electron chi connectivity index (χ1n) is 3.42. The minimum Gasteiger partial charge on any atom is -0.482 e. The van der Waals surface area contributed by atoms with Gasteiger partial charge < -0.3 is 4.74 Å². The van der Waals surface area contributed by atoms with Gasteiger partial charge in [-0.2, -0.15) is 0 Å². The maximum atomic E-state index is 10.1. The molecular weight excluding hydrogens is 140 g/mol. The zero-order chi connectivity index (χ0) is 8.10. The number of hydrogen-bond acceptors (Lipinski definition) is 2. The molecule has 0 fully saturated rings. The van der Waals surface area contributed by atoms with Crippen molar-refractivity contribution >= 4 is 6.29 Å². The molecule has 0 amide bonds. The summed E-state index contributed by atoms with van der Waals surface area (Å²) in [5.41, 5.74) is 0. The van der Waals surface area contributed by atoms with Gasteiger partial charge in [0.2, 0.25) is 6.29 Å². The number of carbonyl (C=O) groups excluding carboxylic acids is 1. The van der Waals surface area contributed by atoms with Gasteiger partial charge in [-0.05, 0) is 19.1 Å². The van der Waals surface area contributed by atoms with E-state index in [9.17, 15) is 4.79 Å². The minimum absolute atomic E-state index is 0.489. The molecule has 0 saturated carbocycles. The van der Waals surface area contributed by atoms with E-state index in [0.717, 1.165) is 0 Å². The third-order valence-corrected chi connectivity index (χ3v) is 1.22. The van der Waals surface area contributed by atoms with Gasteiger partial charge in [-0.3, -0.25) is 4.79 Å². The molecule has 1 atom stereocenters. The molecule has 0 aliphatic rings. The summed E-state index contributed by atoms with van der Waals surface area (Å²) in [4.78, 5) is 10.1. The molecule has 0 saturated heterocycles. The first kappa shape index (κ1) is 7.79. The predicted octanol–water partition coefficient (Wildman–Crippen LogP) is 1.56. The molecule has 11 heavy (non-hydrogen) atoms. The lowest BCUT2D eigenvalue weighted by atomic mass is 10.3. The number of ether oxygens (including phenoxy) is 1. The van der Waals surface area contributed by atoms with Crippen molar-refractivity contribution in [3.8, 4) is 5.75 Å². The molecule has 0 aliphatic heterocycles. The van der Waals surface area contributed by atoms with Crippen LogP contribution >= 0.6 is 0 Å². The molecule has 1 radical (unpaired) electrons. The average Bonchev–Trinajstić information content (AvgIpc) is 2.06. The normalized spacial score (nSPS) is 12.1. The van der Waals surface area contributed by atoms with E-state index in [1.165, 1.54) is 0 Å². The summed E-state index contributed by atoms with van der Waals surface area (Å²) < 4.78 is 5.14. The van der Waals surface area contributed by atoms with E-state index < -0.39 is 6.10 Å². The molecule has 0 spiro atoms. The lowest BCUT2D eigenvalue weighted by molar-refractivity contribution is 0.278. The Kier molecular flexibility index (Phi) is 2.66. The molecule has 2 nitrogen and oxygen atoms in total. The number of benzene rings is 1. The molecule has 1 aromatic rings. The molecule has 1 rings (SSSR count). The van der Waals surface area contributed by atoms with E-state index in [-0.39, 0.29) is 0 Å². The van der Waals surface area contributed by atoms with Crippen LogP contribution in [0.2, 0.25) is 0 Å². The highest BCUT2D eigenvalue weighted by Crippen LogP contribution is 2.09. The Labute approximate surface area is 65.8 Å². The third-order valence-electron chi connectivity index (χ3n) is 1.22. The zero-order valence-corrected chi connectivity index (χ0v) is 6.28. The van der Waals surface area contributed by atoms with Gasteiger partial charge in [0.15, 0.2) is 6.10 Å². The highest BCUT2D eigenvalue weighted by atomic mass is 16.5. The van der Waals surface area contributed by atoms with Crippen molar-refractivity contribution in [2.75, 3.05) is 0 Å². The fourth-order valence-corrected chi connectivity index (χ4v) is 0.727. The monoisotopic (exact) mass is 149 g/mol. The molecule has 2 heteroatoms. The fraction of sp³-hybridized carbons (Fsp3) is 0.222. The third kappa shape index (κ3) is 2.42. The van der Waals surface area contributed by atoms with Crippen LogP contribution in [0.4, 0.5) is 0 Å². The van der Waals surface area contributed by atoms with Crippen LogP contribution in [0.1, 0.15) is 6.92 Å². The van der Waals surface area contributed by atoms with E-state index in [4.69, 9.17) is 4.74 Å². The Bertz CT molecular complexity index is 218. The highest BCUT2D eigenvalue weighted by molar-refractivity contribution is 5.56. The van der Waals surface area contributed by atoms with Crippen LogP contribution in [0, 0.1) is 0 Å². The molecular formula is C9H9O2. The summed E-state index contributed by atoms with van der Waals surface area (Å²) in [7, 11) is 0. The van der Waals surface area contributed by atoms with Gasteiger partial charge in [0, 0.05) is 0 Å². The summed E-state index contributed by atoms with van der Waals surface area (Å²) in [5.74, 6) is 0.698. The second-order valence-electron chi connectivity index (χ2n) is 2.19. The van der Waals surface area contributed by atoms with Crippen LogP contribution in [0.15, 0.2) is 30.3 Å². The second-order valence-corrected chi connectivity index (χ2v) is 2.19. The second kappa shape index (κ2) is 3.76. The zero-order valence-electron chi connectivity index (χ0n) is 6.28. The van der Waals surface area contributed by atoms with Crippen molar-refractivity contribution in [1.29, 1.82) is 0 Å². The van der Waals surface area contributed by atoms with Crippen LogP contribution in [0.5, 0.6) is 5.75 Å². The van der Waals surface area contributed by atoms with Gasteiger partial charge in [-0.1, -0.05) is 18.2 Å². The van der Waals surface area contributed by atoms with Crippen LogP contribution in [-0.2, 0) is 4.79 Å². The van der Waals surface area contributed by atoms with Gasteiger partial charge in [0.25, 0.3) is 0 Å². The smallest absolute Gasteiger partial charge is 0.242 e. The van der Waals surface area contributed by atoms with Crippen molar-refractivity contribution in [2.24, 2.45) is 0 Å². The van der Waals surface area contributed by atoms with Crippen molar-refractivity contribution in [3.05, 3.63) is 30.3 Å². The van der Waals surface area contributed by atoms with E-state index in [2.05, 4.69) is 0 Å². The minimum atomic E-state index is -0.489. The molecule has 0 aromatic heterocycles. The molecule has 0 aliphatic carbocycles. The van der Waals surface area contributed by atoms with Crippen molar-refractivity contribution < 1.29 is 9.53 Å². The first-order valence-corrected chi connectivity index (χ1v) is 3.42. The fourth-order valence-electron chi connectivity index (χ4n) is 0.727. The molecule has 1 aromatic carbocycles. The average molecular weight is 149 g/mol. The Balaban J connectivity index is 2.57. The van der Waals surface area contributed by atoms with Crippen molar-refractivity contribution in [1.82, 2.24) is 0 Å². The van der Waals surface area contributed by atoms with Gasteiger partial charge in [-0.25, -0.2) is 0 Å². The van der Waals surface area contributed by atoms with Crippen molar-refractivity contribution in [3.63, 3.8) is 0 Å². The molecule has 0 bridgehead atoms. The Morgan fingerprint density at radius 1 is 1.36 bits per heavy atom. The van der Waals surface area contributed by atoms with E-state index in [1.807, 2.05) is 18.2 Å². The van der Waals surface area contributed by atoms with Crippen LogP contribution in [-0.4, -0.2) is 12.4 Å². The SMILES string of the molecule is C[C@H]([C]=O)Oc1ccccc1. The Hall–Kier alpha value is -1.31. The molecule has 0 unspecified atom stereocenters. The van der Waals surface area contributed by atoms with E-state index in [0.29, 0.717) is 5.75 Å². The maximum absolute atomic E-state index is 10.1. The lowest BCUT2D eigenvalue weighted by Crippen LogP contribution is -2.12. The summed E-state index contributed by atoms with van der Waals surface area (Å²) >= 11 is 0. The molecule has 0 N–H and O–H groups in total. The Morgan fingerprint density at radius 2 is 2.00 bits per heavy atom. The summed E-state index contributed by atoms with van der Waals surface area (Å²) in [5, 5.41) is 0. The van der Waals surface area contributed by atoms with Gasteiger partial charge in [0.1, 0.15) is 5.75 Å². The van der Waals surface area contributed by atoms with Gasteiger partial charge in [-0.15, -0.1) is 0 Å². The Morgan fingerprint density at radius 3 is 2.55 bits per heavy atom. The van der Waals surface area contributed by atoms with Crippen molar-refractivity contribution in [2.45, 2.75) is 13.0 Å².